The number of carbonyl (C=O) groups is 1. The summed E-state index contributed by atoms with van der Waals surface area (Å²) in [6.07, 6.45) is 2.87. The van der Waals surface area contributed by atoms with Crippen LogP contribution in [-0.4, -0.2) is 40.1 Å². The van der Waals surface area contributed by atoms with Gasteiger partial charge in [0.05, 0.1) is 6.61 Å². The molecule has 0 fully saturated rings. The number of nitrogens with zero attached hydrogens (tertiary/aromatic N) is 2. The van der Waals surface area contributed by atoms with Gasteiger partial charge in [0.15, 0.2) is 0 Å². The summed E-state index contributed by atoms with van der Waals surface area (Å²) in [7, 11) is 0. The zero-order valence-electron chi connectivity index (χ0n) is 10.8. The number of hydrogen-bond donors (Lipinski definition) is 1. The summed E-state index contributed by atoms with van der Waals surface area (Å²) in [5.41, 5.74) is 0.267. The Morgan fingerprint density at radius 1 is 1.50 bits per heavy atom. The van der Waals surface area contributed by atoms with Crippen molar-refractivity contribution in [3.63, 3.8) is 0 Å². The predicted molar refractivity (Wildman–Crippen MR) is 66.7 cm³/mol. The van der Waals surface area contributed by atoms with Crippen LogP contribution in [0.25, 0.3) is 0 Å². The van der Waals surface area contributed by atoms with Crippen LogP contribution < -0.4 is 0 Å². The molecule has 1 rings (SSSR count). The van der Waals surface area contributed by atoms with Crippen LogP contribution in [0, 0.1) is 5.95 Å². The van der Waals surface area contributed by atoms with Gasteiger partial charge in [0.2, 0.25) is 5.95 Å². The van der Waals surface area contributed by atoms with Gasteiger partial charge in [0.1, 0.15) is 0 Å². The Morgan fingerprint density at radius 2 is 2.17 bits per heavy atom. The summed E-state index contributed by atoms with van der Waals surface area (Å²) in [5.74, 6) is -0.937. The molecule has 18 heavy (non-hydrogen) atoms. The van der Waals surface area contributed by atoms with Crippen molar-refractivity contribution in [2.75, 3.05) is 13.2 Å². The average Bonchev–Trinajstić information content (AvgIpc) is 2.38. The minimum atomic E-state index is -0.672. The number of pyridine rings is 1. The van der Waals surface area contributed by atoms with E-state index in [0.29, 0.717) is 0 Å². The summed E-state index contributed by atoms with van der Waals surface area (Å²) in [4.78, 5) is 17.3. The number of aliphatic hydroxyl groups excluding tert-OH is 1. The molecule has 0 radical (unpaired) electrons. The highest BCUT2D eigenvalue weighted by Crippen LogP contribution is 2.13. The van der Waals surface area contributed by atoms with Crippen molar-refractivity contribution in [1.29, 1.82) is 0 Å². The molecule has 0 aliphatic heterocycles. The van der Waals surface area contributed by atoms with Gasteiger partial charge in [-0.1, -0.05) is 13.8 Å². The van der Waals surface area contributed by atoms with Crippen LogP contribution in [0.5, 0.6) is 0 Å². The number of carbonyl (C=O) groups excluding carboxylic acids is 1. The van der Waals surface area contributed by atoms with Gasteiger partial charge in [-0.15, -0.1) is 0 Å². The topological polar surface area (TPSA) is 53.4 Å². The van der Waals surface area contributed by atoms with Crippen LogP contribution in [0.3, 0.4) is 0 Å². The van der Waals surface area contributed by atoms with E-state index in [0.717, 1.165) is 18.9 Å². The van der Waals surface area contributed by atoms with Gasteiger partial charge in [0, 0.05) is 30.4 Å². The molecule has 0 spiro atoms. The van der Waals surface area contributed by atoms with E-state index in [9.17, 15) is 9.18 Å². The van der Waals surface area contributed by atoms with Crippen molar-refractivity contribution in [3.8, 4) is 0 Å². The molecule has 1 heterocycles. The number of amides is 1. The Balaban J connectivity index is 2.95. The van der Waals surface area contributed by atoms with E-state index in [1.807, 2.05) is 13.8 Å². The molecule has 0 atom stereocenters. The number of hydrogen-bond acceptors (Lipinski definition) is 3. The summed E-state index contributed by atoms with van der Waals surface area (Å²) in [6.45, 7) is 4.13. The smallest absolute Gasteiger partial charge is 0.254 e. The largest absolute Gasteiger partial charge is 0.395 e. The number of aromatic nitrogens is 1. The highest BCUT2D eigenvalue weighted by atomic mass is 19.1. The minimum Gasteiger partial charge on any atom is -0.395 e. The third-order valence-electron chi connectivity index (χ3n) is 2.96. The van der Waals surface area contributed by atoms with Crippen LogP contribution in [0.1, 0.15) is 37.0 Å². The summed E-state index contributed by atoms with van der Waals surface area (Å²) >= 11 is 0. The SMILES string of the molecule is CCC(CC)N(CCO)C(=O)c1ccnc(F)c1. The lowest BCUT2D eigenvalue weighted by Crippen LogP contribution is -2.41. The van der Waals surface area contributed by atoms with Gasteiger partial charge < -0.3 is 10.0 Å². The summed E-state index contributed by atoms with van der Waals surface area (Å²) < 4.78 is 13.0. The zero-order valence-corrected chi connectivity index (χ0v) is 10.8. The van der Waals surface area contributed by atoms with Crippen LogP contribution in [0.15, 0.2) is 18.3 Å². The fraction of sp³-hybridized carbons (Fsp3) is 0.538. The molecule has 0 bridgehead atoms. The fourth-order valence-corrected chi connectivity index (χ4v) is 1.99. The van der Waals surface area contributed by atoms with E-state index in [-0.39, 0.29) is 30.7 Å². The second-order valence-corrected chi connectivity index (χ2v) is 4.06. The molecule has 0 saturated heterocycles. The van der Waals surface area contributed by atoms with Gasteiger partial charge >= 0.3 is 0 Å². The molecular weight excluding hydrogens is 235 g/mol. The fourth-order valence-electron chi connectivity index (χ4n) is 1.99. The Bertz CT molecular complexity index is 394. The lowest BCUT2D eigenvalue weighted by atomic mass is 10.1. The number of aliphatic hydroxyl groups is 1. The molecule has 1 aromatic rings. The molecule has 1 N–H and O–H groups in total. The van der Waals surface area contributed by atoms with Gasteiger partial charge in [-0.2, -0.15) is 4.39 Å². The first-order chi connectivity index (χ1) is 8.63. The van der Waals surface area contributed by atoms with Crippen molar-refractivity contribution in [2.45, 2.75) is 32.7 Å². The average molecular weight is 254 g/mol. The highest BCUT2D eigenvalue weighted by Gasteiger charge is 2.22. The Morgan fingerprint density at radius 3 is 2.67 bits per heavy atom. The van der Waals surface area contributed by atoms with Crippen LogP contribution in [0.4, 0.5) is 4.39 Å². The van der Waals surface area contributed by atoms with Crippen molar-refractivity contribution in [2.24, 2.45) is 0 Å². The number of rotatable bonds is 6. The van der Waals surface area contributed by atoms with Crippen LogP contribution in [0.2, 0.25) is 0 Å². The summed E-state index contributed by atoms with van der Waals surface area (Å²) in [5, 5.41) is 9.05. The molecule has 0 aromatic carbocycles. The first kappa shape index (κ1) is 14.6. The van der Waals surface area contributed by atoms with Crippen molar-refractivity contribution < 1.29 is 14.3 Å². The molecule has 0 unspecified atom stereocenters. The van der Waals surface area contributed by atoms with Gasteiger partial charge in [-0.05, 0) is 18.9 Å². The molecule has 5 heteroatoms. The van der Waals surface area contributed by atoms with Crippen molar-refractivity contribution in [3.05, 3.63) is 29.8 Å². The Labute approximate surface area is 106 Å². The van der Waals surface area contributed by atoms with Gasteiger partial charge in [-0.3, -0.25) is 4.79 Å². The Hall–Kier alpha value is -1.49. The zero-order chi connectivity index (χ0) is 13.5. The second-order valence-electron chi connectivity index (χ2n) is 4.06. The normalized spacial score (nSPS) is 10.7. The second kappa shape index (κ2) is 7.06. The van der Waals surface area contributed by atoms with Gasteiger partial charge in [0.25, 0.3) is 5.91 Å². The molecular formula is C13H19FN2O2. The predicted octanol–water partition coefficient (Wildman–Crippen LogP) is 1.84. The van der Waals surface area contributed by atoms with Crippen molar-refractivity contribution in [1.82, 2.24) is 9.88 Å². The van der Waals surface area contributed by atoms with E-state index in [4.69, 9.17) is 5.11 Å². The molecule has 0 saturated carbocycles. The van der Waals surface area contributed by atoms with E-state index in [1.165, 1.54) is 12.3 Å². The first-order valence-electron chi connectivity index (χ1n) is 6.17. The lowest BCUT2D eigenvalue weighted by molar-refractivity contribution is 0.0621. The van der Waals surface area contributed by atoms with Crippen molar-refractivity contribution >= 4 is 5.91 Å². The molecule has 1 aromatic heterocycles. The van der Waals surface area contributed by atoms with E-state index in [1.54, 1.807) is 4.90 Å². The molecule has 0 aliphatic carbocycles. The summed E-state index contributed by atoms with van der Waals surface area (Å²) in [6, 6.07) is 2.66. The molecule has 4 nitrogen and oxygen atoms in total. The van der Waals surface area contributed by atoms with E-state index >= 15 is 0 Å². The molecule has 1 amide bonds. The highest BCUT2D eigenvalue weighted by molar-refractivity contribution is 5.94. The standard InChI is InChI=1S/C13H19FN2O2/c1-3-11(4-2)16(7-8-17)13(18)10-5-6-15-12(14)9-10/h5-6,9,11,17H,3-4,7-8H2,1-2H3. The third kappa shape index (κ3) is 3.50. The van der Waals surface area contributed by atoms with E-state index in [2.05, 4.69) is 4.98 Å². The first-order valence-corrected chi connectivity index (χ1v) is 6.17. The maximum absolute atomic E-state index is 13.0. The third-order valence-corrected chi connectivity index (χ3v) is 2.96. The monoisotopic (exact) mass is 254 g/mol. The maximum Gasteiger partial charge on any atom is 0.254 e. The van der Waals surface area contributed by atoms with Gasteiger partial charge in [-0.25, -0.2) is 4.98 Å². The maximum atomic E-state index is 13.0. The molecule has 100 valence electrons. The van der Waals surface area contributed by atoms with Crippen LogP contribution >= 0.6 is 0 Å². The minimum absolute atomic E-state index is 0.0564. The quantitative estimate of drug-likeness (QED) is 0.788. The Kier molecular flexibility index (Phi) is 5.71. The lowest BCUT2D eigenvalue weighted by Gasteiger charge is -2.30. The van der Waals surface area contributed by atoms with E-state index < -0.39 is 5.95 Å². The molecule has 0 aliphatic rings. The van der Waals surface area contributed by atoms with Crippen LogP contribution in [-0.2, 0) is 0 Å². The number of halogens is 1.